The van der Waals surface area contributed by atoms with E-state index in [-0.39, 0.29) is 18.2 Å². The number of amides is 2. The third-order valence-corrected chi connectivity index (χ3v) is 6.72. The summed E-state index contributed by atoms with van der Waals surface area (Å²) in [5.41, 5.74) is 0.719. The van der Waals surface area contributed by atoms with Gasteiger partial charge in [0.15, 0.2) is 0 Å². The van der Waals surface area contributed by atoms with Gasteiger partial charge in [0.25, 0.3) is 0 Å². The molecule has 0 spiro atoms. The van der Waals surface area contributed by atoms with E-state index in [1.165, 1.54) is 29.6 Å². The molecule has 1 unspecified atom stereocenters. The van der Waals surface area contributed by atoms with Gasteiger partial charge in [-0.1, -0.05) is 28.7 Å². The predicted octanol–water partition coefficient (Wildman–Crippen LogP) is 3.05. The summed E-state index contributed by atoms with van der Waals surface area (Å²) in [5, 5.41) is 25.1. The Morgan fingerprint density at radius 3 is 2.70 bits per heavy atom. The van der Waals surface area contributed by atoms with Crippen molar-refractivity contribution in [3.63, 3.8) is 0 Å². The zero-order valence-electron chi connectivity index (χ0n) is 16.4. The van der Waals surface area contributed by atoms with E-state index in [0.717, 1.165) is 41.4 Å². The van der Waals surface area contributed by atoms with Crippen LogP contribution in [0.4, 0.5) is 10.3 Å². The van der Waals surface area contributed by atoms with Crippen molar-refractivity contribution >= 4 is 44.8 Å². The summed E-state index contributed by atoms with van der Waals surface area (Å²) in [5.74, 6) is 0.556. The van der Waals surface area contributed by atoms with Crippen molar-refractivity contribution in [1.29, 1.82) is 0 Å². The molecule has 2 N–H and O–H groups in total. The molecule has 4 rings (SSSR count). The Labute approximate surface area is 181 Å². The molecule has 0 bridgehead atoms. The van der Waals surface area contributed by atoms with Gasteiger partial charge in [-0.15, -0.1) is 20.4 Å². The van der Waals surface area contributed by atoms with E-state index in [2.05, 4.69) is 36.0 Å². The molecule has 1 aliphatic carbocycles. The third-order valence-electron chi connectivity index (χ3n) is 4.86. The number of rotatable bonds is 7. The summed E-state index contributed by atoms with van der Waals surface area (Å²) in [7, 11) is 0. The van der Waals surface area contributed by atoms with Crippen molar-refractivity contribution < 1.29 is 9.59 Å². The fourth-order valence-electron chi connectivity index (χ4n) is 3.55. The summed E-state index contributed by atoms with van der Waals surface area (Å²) >= 11 is 2.87. The monoisotopic (exact) mass is 443 g/mol. The van der Waals surface area contributed by atoms with Crippen LogP contribution in [0.25, 0.3) is 0 Å². The standard InChI is InChI=1S/C19H21N7O2S2/c1-11(27)21-18-25-23-16(29-18)9-12-5-6-13(8-12)17-24-26-19(30-17)22-15(28)10-14-4-2-3-7-20-14/h2-4,7,12-13H,5-6,8-10H2,1H3,(H,21,25,27)(H,22,26,28)/t12-,13?/m0/s1. The number of carbonyl (C=O) groups excluding carboxylic acids is 2. The van der Waals surface area contributed by atoms with Gasteiger partial charge < -0.3 is 10.6 Å². The summed E-state index contributed by atoms with van der Waals surface area (Å²) < 4.78 is 0. The van der Waals surface area contributed by atoms with Gasteiger partial charge in [0.1, 0.15) is 10.0 Å². The van der Waals surface area contributed by atoms with Gasteiger partial charge >= 0.3 is 0 Å². The van der Waals surface area contributed by atoms with Crippen molar-refractivity contribution in [3.05, 3.63) is 40.1 Å². The van der Waals surface area contributed by atoms with Crippen LogP contribution in [0, 0.1) is 5.92 Å². The molecular formula is C19H21N7O2S2. The van der Waals surface area contributed by atoms with E-state index in [1.54, 1.807) is 6.20 Å². The Morgan fingerprint density at radius 1 is 1.07 bits per heavy atom. The fourth-order valence-corrected chi connectivity index (χ4v) is 5.36. The molecule has 3 aromatic heterocycles. The number of nitrogens with zero attached hydrogens (tertiary/aromatic N) is 5. The number of nitrogens with one attached hydrogen (secondary N) is 2. The van der Waals surface area contributed by atoms with Crippen LogP contribution in [0.15, 0.2) is 24.4 Å². The molecule has 9 nitrogen and oxygen atoms in total. The summed E-state index contributed by atoms with van der Waals surface area (Å²) in [6, 6.07) is 5.50. The van der Waals surface area contributed by atoms with Gasteiger partial charge in [-0.2, -0.15) is 0 Å². The van der Waals surface area contributed by atoms with Gasteiger partial charge in [-0.05, 0) is 37.3 Å². The molecule has 2 amide bonds. The van der Waals surface area contributed by atoms with Crippen molar-refractivity contribution in [1.82, 2.24) is 25.4 Å². The van der Waals surface area contributed by atoms with E-state index in [4.69, 9.17) is 0 Å². The van der Waals surface area contributed by atoms with Gasteiger partial charge in [-0.25, -0.2) is 0 Å². The molecule has 1 aliphatic rings. The van der Waals surface area contributed by atoms with Gasteiger partial charge in [0.05, 0.1) is 6.42 Å². The first kappa shape index (κ1) is 20.5. The zero-order valence-corrected chi connectivity index (χ0v) is 18.0. The normalized spacial score (nSPS) is 18.3. The Morgan fingerprint density at radius 2 is 1.90 bits per heavy atom. The number of anilines is 2. The molecular weight excluding hydrogens is 422 g/mol. The van der Waals surface area contributed by atoms with Crippen LogP contribution in [0.3, 0.4) is 0 Å². The molecule has 1 fully saturated rings. The van der Waals surface area contributed by atoms with Crippen LogP contribution in [-0.4, -0.2) is 37.2 Å². The smallest absolute Gasteiger partial charge is 0.232 e. The van der Waals surface area contributed by atoms with Crippen molar-refractivity contribution in [2.24, 2.45) is 5.92 Å². The minimum atomic E-state index is -0.146. The molecule has 0 aromatic carbocycles. The Kier molecular flexibility index (Phi) is 6.38. The van der Waals surface area contributed by atoms with E-state index >= 15 is 0 Å². The van der Waals surface area contributed by atoms with Crippen LogP contribution in [0.1, 0.15) is 47.8 Å². The average molecular weight is 444 g/mol. The van der Waals surface area contributed by atoms with Crippen molar-refractivity contribution in [3.8, 4) is 0 Å². The molecule has 30 heavy (non-hydrogen) atoms. The van der Waals surface area contributed by atoms with E-state index in [9.17, 15) is 9.59 Å². The number of aromatic nitrogens is 5. The third kappa shape index (κ3) is 5.42. The first-order valence-electron chi connectivity index (χ1n) is 9.68. The highest BCUT2D eigenvalue weighted by Crippen LogP contribution is 2.41. The lowest BCUT2D eigenvalue weighted by Gasteiger charge is -2.06. The number of hydrogen-bond acceptors (Lipinski definition) is 9. The number of pyridine rings is 1. The molecule has 0 aliphatic heterocycles. The lowest BCUT2D eigenvalue weighted by Crippen LogP contribution is -2.14. The first-order valence-corrected chi connectivity index (χ1v) is 11.3. The maximum Gasteiger partial charge on any atom is 0.232 e. The minimum absolute atomic E-state index is 0.141. The highest BCUT2D eigenvalue weighted by molar-refractivity contribution is 7.15. The second kappa shape index (κ2) is 9.35. The van der Waals surface area contributed by atoms with Crippen LogP contribution in [-0.2, 0) is 22.4 Å². The van der Waals surface area contributed by atoms with Crippen LogP contribution < -0.4 is 10.6 Å². The van der Waals surface area contributed by atoms with Gasteiger partial charge in [0.2, 0.25) is 22.1 Å². The summed E-state index contributed by atoms with van der Waals surface area (Å²) in [6.07, 6.45) is 5.86. The first-order chi connectivity index (χ1) is 14.5. The average Bonchev–Trinajstić information content (AvgIpc) is 3.44. The predicted molar refractivity (Wildman–Crippen MR) is 114 cm³/mol. The minimum Gasteiger partial charge on any atom is -0.301 e. The number of carbonyl (C=O) groups is 2. The highest BCUT2D eigenvalue weighted by atomic mass is 32.1. The molecule has 11 heteroatoms. The Balaban J connectivity index is 1.28. The lowest BCUT2D eigenvalue weighted by molar-refractivity contribution is -0.116. The van der Waals surface area contributed by atoms with E-state index in [1.807, 2.05) is 18.2 Å². The maximum absolute atomic E-state index is 12.2. The Hall–Kier alpha value is -2.79. The van der Waals surface area contributed by atoms with Crippen LogP contribution in [0.5, 0.6) is 0 Å². The molecule has 3 heterocycles. The Bertz CT molecular complexity index is 1020. The fraction of sp³-hybridized carbons (Fsp3) is 0.421. The van der Waals surface area contributed by atoms with Crippen molar-refractivity contribution in [2.75, 3.05) is 10.6 Å². The van der Waals surface area contributed by atoms with E-state index in [0.29, 0.717) is 22.1 Å². The second-order valence-electron chi connectivity index (χ2n) is 7.25. The van der Waals surface area contributed by atoms with Gasteiger partial charge in [-0.3, -0.25) is 14.6 Å². The largest absolute Gasteiger partial charge is 0.301 e. The van der Waals surface area contributed by atoms with Crippen molar-refractivity contribution in [2.45, 2.75) is 44.9 Å². The zero-order chi connectivity index (χ0) is 20.9. The summed E-state index contributed by atoms with van der Waals surface area (Å²) in [4.78, 5) is 27.5. The highest BCUT2D eigenvalue weighted by Gasteiger charge is 2.29. The second-order valence-corrected chi connectivity index (χ2v) is 9.32. The molecule has 156 valence electrons. The molecule has 0 radical (unpaired) electrons. The molecule has 0 saturated heterocycles. The topological polar surface area (TPSA) is 123 Å². The maximum atomic E-state index is 12.2. The van der Waals surface area contributed by atoms with Crippen LogP contribution >= 0.6 is 22.7 Å². The molecule has 1 saturated carbocycles. The summed E-state index contributed by atoms with van der Waals surface area (Å²) in [6.45, 7) is 1.46. The quantitative estimate of drug-likeness (QED) is 0.575. The lowest BCUT2D eigenvalue weighted by atomic mass is 10.0. The van der Waals surface area contributed by atoms with Gasteiger partial charge in [0, 0.05) is 31.2 Å². The number of hydrogen-bond donors (Lipinski definition) is 2. The molecule has 3 aromatic rings. The van der Waals surface area contributed by atoms with Crippen LogP contribution in [0.2, 0.25) is 0 Å². The SMILES string of the molecule is CC(=O)Nc1nnc(C[C@H]2CCC(c3nnc(NC(=O)Cc4ccccn4)s3)C2)s1. The molecule has 2 atom stereocenters. The van der Waals surface area contributed by atoms with E-state index < -0.39 is 0 Å².